The van der Waals surface area contributed by atoms with E-state index >= 15 is 0 Å². The van der Waals surface area contributed by atoms with Crippen LogP contribution in [0.4, 0.5) is 11.4 Å². The fraction of sp³-hybridized carbons (Fsp3) is 0.0435. The number of nitrogens with one attached hydrogen (secondary N) is 1. The number of aromatic nitrogens is 2. The third-order valence-electron chi connectivity index (χ3n) is 4.44. The molecule has 0 saturated heterocycles. The Morgan fingerprint density at radius 1 is 0.821 bits per heavy atom. The van der Waals surface area contributed by atoms with Crippen LogP contribution in [0.1, 0.15) is 11.3 Å². The van der Waals surface area contributed by atoms with Crippen LogP contribution < -0.4 is 10.6 Å². The molecule has 0 unspecified atom stereocenters. The van der Waals surface area contributed by atoms with Gasteiger partial charge in [-0.15, -0.1) is 0 Å². The smallest absolute Gasteiger partial charge is 0.280 e. The molecule has 28 heavy (non-hydrogen) atoms. The average molecular weight is 368 g/mol. The molecule has 0 fully saturated rings. The normalized spacial score (nSPS) is 11.0. The Bertz CT molecular complexity index is 1090. The van der Waals surface area contributed by atoms with Crippen LogP contribution >= 0.6 is 0 Å². The van der Waals surface area contributed by atoms with Crippen LogP contribution in [0.25, 0.3) is 5.69 Å². The first-order valence-electron chi connectivity index (χ1n) is 9.05. The van der Waals surface area contributed by atoms with Gasteiger partial charge in [0.15, 0.2) is 0 Å². The van der Waals surface area contributed by atoms with Crippen molar-refractivity contribution in [2.24, 2.45) is 5.10 Å². The zero-order valence-electron chi connectivity index (χ0n) is 15.5. The quantitative estimate of drug-likeness (QED) is 0.412. The molecule has 0 amide bonds. The summed E-state index contributed by atoms with van der Waals surface area (Å²) < 4.78 is 1.53. The summed E-state index contributed by atoms with van der Waals surface area (Å²) in [4.78, 5) is 12.9. The van der Waals surface area contributed by atoms with Crippen LogP contribution in [-0.4, -0.2) is 16.0 Å². The van der Waals surface area contributed by atoms with E-state index in [1.807, 2.05) is 103 Å². The van der Waals surface area contributed by atoms with Gasteiger partial charge in [0.2, 0.25) is 0 Å². The predicted octanol–water partition coefficient (Wildman–Crippen LogP) is 4.65. The van der Waals surface area contributed by atoms with Gasteiger partial charge in [-0.05, 0) is 43.3 Å². The predicted molar refractivity (Wildman–Crippen MR) is 114 cm³/mol. The second-order valence-electron chi connectivity index (χ2n) is 6.35. The zero-order valence-corrected chi connectivity index (χ0v) is 15.5. The van der Waals surface area contributed by atoms with E-state index in [-0.39, 0.29) is 5.56 Å². The molecular weight excluding hydrogens is 348 g/mol. The number of anilines is 2. The van der Waals surface area contributed by atoms with Crippen molar-refractivity contribution in [2.45, 2.75) is 6.92 Å². The first kappa shape index (κ1) is 17.5. The van der Waals surface area contributed by atoms with Gasteiger partial charge >= 0.3 is 0 Å². The lowest BCUT2D eigenvalue weighted by Crippen LogP contribution is -2.18. The van der Waals surface area contributed by atoms with Gasteiger partial charge in [-0.1, -0.05) is 54.6 Å². The molecule has 0 aliphatic carbocycles. The molecule has 3 aromatic carbocycles. The number of rotatable bonds is 5. The van der Waals surface area contributed by atoms with Gasteiger partial charge < -0.3 is 0 Å². The Labute approximate surface area is 163 Å². The molecule has 4 rings (SSSR count). The van der Waals surface area contributed by atoms with E-state index in [1.54, 1.807) is 6.21 Å². The molecule has 0 saturated carbocycles. The van der Waals surface area contributed by atoms with Gasteiger partial charge in [-0.3, -0.25) is 9.89 Å². The molecule has 0 spiro atoms. The molecule has 1 heterocycles. The van der Waals surface area contributed by atoms with Crippen molar-refractivity contribution in [3.8, 4) is 5.69 Å². The maximum absolute atomic E-state index is 12.9. The van der Waals surface area contributed by atoms with Crippen molar-refractivity contribution in [3.63, 3.8) is 0 Å². The molecule has 0 aliphatic rings. The number of hydrazone groups is 1. The monoisotopic (exact) mass is 368 g/mol. The fourth-order valence-corrected chi connectivity index (χ4v) is 3.01. The first-order chi connectivity index (χ1) is 13.7. The molecule has 1 aromatic heterocycles. The van der Waals surface area contributed by atoms with Crippen LogP contribution in [0.2, 0.25) is 0 Å². The number of para-hydroxylation sites is 3. The Hall–Kier alpha value is -3.86. The standard InChI is InChI=1S/C23H20N4O/c1-18-22(23(28)27(25-18)21-15-9-4-10-16-21)17-24-26(19-11-5-2-6-12-19)20-13-7-3-8-14-20/h2-17,25H,1H3/b24-17+. The van der Waals surface area contributed by atoms with Crippen molar-refractivity contribution in [3.05, 3.63) is 113 Å². The summed E-state index contributed by atoms with van der Waals surface area (Å²) >= 11 is 0. The number of aromatic amines is 1. The summed E-state index contributed by atoms with van der Waals surface area (Å²) in [7, 11) is 0. The van der Waals surface area contributed by atoms with Gasteiger partial charge in [0.1, 0.15) is 0 Å². The highest BCUT2D eigenvalue weighted by Crippen LogP contribution is 2.25. The molecule has 0 aliphatic heterocycles. The summed E-state index contributed by atoms with van der Waals surface area (Å²) in [5, 5.41) is 9.58. The lowest BCUT2D eigenvalue weighted by Gasteiger charge is -2.18. The lowest BCUT2D eigenvalue weighted by atomic mass is 10.2. The van der Waals surface area contributed by atoms with E-state index in [1.165, 1.54) is 4.68 Å². The van der Waals surface area contributed by atoms with E-state index < -0.39 is 0 Å². The van der Waals surface area contributed by atoms with Gasteiger partial charge in [0, 0.05) is 5.69 Å². The summed E-state index contributed by atoms with van der Waals surface area (Å²) in [6.45, 7) is 1.87. The molecule has 1 N–H and O–H groups in total. The Morgan fingerprint density at radius 3 is 1.86 bits per heavy atom. The maximum Gasteiger partial charge on any atom is 0.280 e. The molecule has 0 bridgehead atoms. The van der Waals surface area contributed by atoms with Crippen molar-refractivity contribution in [1.29, 1.82) is 0 Å². The van der Waals surface area contributed by atoms with Crippen molar-refractivity contribution < 1.29 is 0 Å². The second-order valence-corrected chi connectivity index (χ2v) is 6.35. The minimum atomic E-state index is -0.131. The third-order valence-corrected chi connectivity index (χ3v) is 4.44. The SMILES string of the molecule is Cc1[nH]n(-c2ccccc2)c(=O)c1/C=N/N(c1ccccc1)c1ccccc1. The minimum absolute atomic E-state index is 0.131. The molecule has 4 aromatic rings. The van der Waals surface area contributed by atoms with Gasteiger partial charge in [-0.25, -0.2) is 9.69 Å². The van der Waals surface area contributed by atoms with Crippen molar-refractivity contribution >= 4 is 17.6 Å². The summed E-state index contributed by atoms with van der Waals surface area (Å²) in [5.41, 5.74) is 3.79. The van der Waals surface area contributed by atoms with Crippen molar-refractivity contribution in [1.82, 2.24) is 9.78 Å². The number of hydrogen-bond donors (Lipinski definition) is 1. The largest absolute Gasteiger partial charge is 0.295 e. The van der Waals surface area contributed by atoms with Crippen LogP contribution in [0.5, 0.6) is 0 Å². The first-order valence-corrected chi connectivity index (χ1v) is 9.05. The topological polar surface area (TPSA) is 53.4 Å². The Balaban J connectivity index is 1.74. The van der Waals surface area contributed by atoms with Crippen LogP contribution in [0.15, 0.2) is 101 Å². The molecule has 0 atom stereocenters. The number of hydrogen-bond acceptors (Lipinski definition) is 3. The minimum Gasteiger partial charge on any atom is -0.295 e. The van der Waals surface area contributed by atoms with Gasteiger partial charge in [-0.2, -0.15) is 5.10 Å². The van der Waals surface area contributed by atoms with Gasteiger partial charge in [0.05, 0.1) is 28.8 Å². The Kier molecular flexibility index (Phi) is 4.89. The maximum atomic E-state index is 12.9. The zero-order chi connectivity index (χ0) is 19.3. The van der Waals surface area contributed by atoms with E-state index in [2.05, 4.69) is 10.2 Å². The summed E-state index contributed by atoms with van der Waals surface area (Å²) in [6.07, 6.45) is 1.62. The van der Waals surface area contributed by atoms with E-state index in [4.69, 9.17) is 0 Å². The summed E-state index contributed by atoms with van der Waals surface area (Å²) in [5.74, 6) is 0. The lowest BCUT2D eigenvalue weighted by molar-refractivity contribution is 0.835. The number of aryl methyl sites for hydroxylation is 1. The van der Waals surface area contributed by atoms with Crippen LogP contribution in [-0.2, 0) is 0 Å². The van der Waals surface area contributed by atoms with Crippen LogP contribution in [0, 0.1) is 6.92 Å². The van der Waals surface area contributed by atoms with E-state index in [0.29, 0.717) is 5.56 Å². The number of H-pyrrole nitrogens is 1. The van der Waals surface area contributed by atoms with Crippen LogP contribution in [0.3, 0.4) is 0 Å². The molecule has 5 nitrogen and oxygen atoms in total. The van der Waals surface area contributed by atoms with E-state index in [0.717, 1.165) is 22.8 Å². The molecular formula is C23H20N4O. The molecule has 5 heteroatoms. The molecule has 0 radical (unpaired) electrons. The summed E-state index contributed by atoms with van der Waals surface area (Å²) in [6, 6.07) is 29.2. The Morgan fingerprint density at radius 2 is 1.32 bits per heavy atom. The van der Waals surface area contributed by atoms with E-state index in [9.17, 15) is 4.79 Å². The number of nitrogens with zero attached hydrogens (tertiary/aromatic N) is 3. The fourth-order valence-electron chi connectivity index (χ4n) is 3.01. The van der Waals surface area contributed by atoms with Gasteiger partial charge in [0.25, 0.3) is 5.56 Å². The molecule has 138 valence electrons. The second kappa shape index (κ2) is 7.80. The average Bonchev–Trinajstić information content (AvgIpc) is 3.04. The third kappa shape index (κ3) is 3.50. The number of benzene rings is 3. The highest BCUT2D eigenvalue weighted by molar-refractivity contribution is 5.82. The highest BCUT2D eigenvalue weighted by atomic mass is 16.1. The van der Waals surface area contributed by atoms with Crippen molar-refractivity contribution in [2.75, 3.05) is 5.01 Å². The highest BCUT2D eigenvalue weighted by Gasteiger charge is 2.12.